The van der Waals surface area contributed by atoms with E-state index in [-0.39, 0.29) is 11.3 Å². The van der Waals surface area contributed by atoms with Crippen molar-refractivity contribution < 1.29 is 4.79 Å². The zero-order valence-electron chi connectivity index (χ0n) is 17.9. The molecular weight excluding hydrogens is 366 g/mol. The van der Waals surface area contributed by atoms with Crippen LogP contribution in [0.5, 0.6) is 0 Å². The normalized spacial score (nSPS) is 15.5. The Morgan fingerprint density at radius 2 is 1.89 bits per heavy atom. The Bertz CT molecular complexity index is 838. The van der Waals surface area contributed by atoms with Crippen LogP contribution in [0.2, 0.25) is 0 Å². The van der Waals surface area contributed by atoms with Gasteiger partial charge in [0.05, 0.1) is 0 Å². The summed E-state index contributed by atoms with van der Waals surface area (Å²) < 4.78 is 0.939. The molecule has 1 heterocycles. The summed E-state index contributed by atoms with van der Waals surface area (Å²) >= 11 is 1.70. The summed E-state index contributed by atoms with van der Waals surface area (Å²) in [6.07, 6.45) is 9.18. The zero-order chi connectivity index (χ0) is 20.5. The Labute approximate surface area is 173 Å². The topological polar surface area (TPSA) is 46.2 Å². The van der Waals surface area contributed by atoms with E-state index in [4.69, 9.17) is 0 Å². The molecule has 1 aromatic carbocycles. The molecule has 3 rings (SSSR count). The molecule has 0 fully saturated rings. The van der Waals surface area contributed by atoms with Gasteiger partial charge in [-0.3, -0.25) is 9.59 Å². The lowest BCUT2D eigenvalue weighted by Gasteiger charge is -2.22. The molecule has 1 aromatic heterocycles. The summed E-state index contributed by atoms with van der Waals surface area (Å²) in [5, 5.41) is 3.65. The number of amides is 1. The molecule has 3 nitrogen and oxygen atoms in total. The minimum absolute atomic E-state index is 0.0578. The number of fused-ring (bicyclic) bond motifs is 2. The number of hydrogen-bond acceptors (Lipinski definition) is 3. The lowest BCUT2D eigenvalue weighted by Crippen LogP contribution is -2.24. The fourth-order valence-corrected chi connectivity index (χ4v) is 4.95. The quantitative estimate of drug-likeness (QED) is 0.634. The summed E-state index contributed by atoms with van der Waals surface area (Å²) in [5.74, 6) is 0.629. The molecule has 1 aliphatic carbocycles. The van der Waals surface area contributed by atoms with Gasteiger partial charge in [-0.25, -0.2) is 0 Å². The fraction of sp³-hybridized carbons (Fsp3) is 0.583. The maximum atomic E-state index is 12.7. The summed E-state index contributed by atoms with van der Waals surface area (Å²) in [4.78, 5) is 26.1. The first-order chi connectivity index (χ1) is 13.5. The van der Waals surface area contributed by atoms with Crippen molar-refractivity contribution in [2.24, 2.45) is 5.92 Å². The average molecular weight is 402 g/mol. The SMILES string of the molecule is CCCCC.CCCNC(=O)c1ccc2c(=O)c3c(sc2c1)CC(CC)CC3. The summed E-state index contributed by atoms with van der Waals surface area (Å²) in [5.41, 5.74) is 1.82. The van der Waals surface area contributed by atoms with Crippen LogP contribution in [0.4, 0.5) is 0 Å². The molecule has 0 spiro atoms. The number of benzene rings is 1. The van der Waals surface area contributed by atoms with Crippen molar-refractivity contribution in [3.8, 4) is 0 Å². The maximum Gasteiger partial charge on any atom is 0.251 e. The average Bonchev–Trinajstić information content (AvgIpc) is 2.72. The summed E-state index contributed by atoms with van der Waals surface area (Å²) in [6.45, 7) is 9.35. The molecule has 28 heavy (non-hydrogen) atoms. The fourth-order valence-electron chi connectivity index (χ4n) is 3.59. The Hall–Kier alpha value is -1.68. The van der Waals surface area contributed by atoms with Gasteiger partial charge >= 0.3 is 0 Å². The second-order valence-electron chi connectivity index (χ2n) is 7.67. The summed E-state index contributed by atoms with van der Waals surface area (Å²) in [6, 6.07) is 5.47. The van der Waals surface area contributed by atoms with Gasteiger partial charge in [0.15, 0.2) is 5.43 Å². The minimum atomic E-state index is -0.0578. The van der Waals surface area contributed by atoms with Gasteiger partial charge in [-0.1, -0.05) is 53.4 Å². The van der Waals surface area contributed by atoms with Gasteiger partial charge in [0.1, 0.15) is 0 Å². The van der Waals surface area contributed by atoms with Crippen LogP contribution in [0.15, 0.2) is 23.0 Å². The molecule has 0 radical (unpaired) electrons. The molecule has 1 unspecified atom stereocenters. The first kappa shape index (κ1) is 22.6. The van der Waals surface area contributed by atoms with E-state index in [1.54, 1.807) is 17.4 Å². The van der Waals surface area contributed by atoms with Gasteiger partial charge < -0.3 is 5.32 Å². The highest BCUT2D eigenvalue weighted by atomic mass is 32.1. The highest BCUT2D eigenvalue weighted by Crippen LogP contribution is 2.32. The Kier molecular flexibility index (Phi) is 9.17. The monoisotopic (exact) mass is 401 g/mol. The van der Waals surface area contributed by atoms with Crippen LogP contribution in [-0.4, -0.2) is 12.5 Å². The van der Waals surface area contributed by atoms with Crippen molar-refractivity contribution in [3.05, 3.63) is 44.4 Å². The molecule has 154 valence electrons. The van der Waals surface area contributed by atoms with Gasteiger partial charge in [0.2, 0.25) is 0 Å². The first-order valence-electron chi connectivity index (χ1n) is 10.9. The predicted octanol–water partition coefficient (Wildman–Crippen LogP) is 6.11. The van der Waals surface area contributed by atoms with Gasteiger partial charge in [-0.05, 0) is 49.8 Å². The van der Waals surface area contributed by atoms with Crippen LogP contribution in [0.25, 0.3) is 10.1 Å². The van der Waals surface area contributed by atoms with Crippen molar-refractivity contribution in [2.45, 2.75) is 79.1 Å². The van der Waals surface area contributed by atoms with Crippen molar-refractivity contribution in [2.75, 3.05) is 6.54 Å². The van der Waals surface area contributed by atoms with E-state index in [1.165, 1.54) is 24.1 Å². The first-order valence-corrected chi connectivity index (χ1v) is 11.7. The standard InChI is InChI=1S/C19H23NO2S.C5H12/c1-3-9-20-19(22)13-6-8-15-17(11-13)23-16-10-12(4-2)5-7-14(16)18(15)21;1-3-5-4-2/h6,8,11-12H,3-5,7,9-10H2,1-2H3,(H,20,22);3-5H2,1-2H3. The predicted molar refractivity (Wildman–Crippen MR) is 122 cm³/mol. The number of carbonyl (C=O) groups excluding carboxylic acids is 1. The summed E-state index contributed by atoms with van der Waals surface area (Å²) in [7, 11) is 0. The third-order valence-corrected chi connectivity index (χ3v) is 6.65. The second kappa shape index (κ2) is 11.4. The number of nitrogens with one attached hydrogen (secondary N) is 1. The van der Waals surface area contributed by atoms with Crippen molar-refractivity contribution in [3.63, 3.8) is 0 Å². The molecule has 1 amide bonds. The van der Waals surface area contributed by atoms with E-state index >= 15 is 0 Å². The molecule has 1 aliphatic rings. The number of hydrogen-bond donors (Lipinski definition) is 1. The minimum Gasteiger partial charge on any atom is -0.352 e. The van der Waals surface area contributed by atoms with Crippen LogP contribution < -0.4 is 10.7 Å². The van der Waals surface area contributed by atoms with Crippen LogP contribution >= 0.6 is 11.3 Å². The van der Waals surface area contributed by atoms with Crippen molar-refractivity contribution in [1.82, 2.24) is 5.32 Å². The van der Waals surface area contributed by atoms with Gasteiger partial charge in [-0.2, -0.15) is 0 Å². The molecule has 4 heteroatoms. The number of unbranched alkanes of at least 4 members (excludes halogenated alkanes) is 2. The van der Waals surface area contributed by atoms with Crippen molar-refractivity contribution in [1.29, 1.82) is 0 Å². The van der Waals surface area contributed by atoms with E-state index in [9.17, 15) is 9.59 Å². The highest BCUT2D eigenvalue weighted by molar-refractivity contribution is 7.18. The van der Waals surface area contributed by atoms with Gasteiger partial charge in [0, 0.05) is 32.6 Å². The Morgan fingerprint density at radius 1 is 1.14 bits per heavy atom. The van der Waals surface area contributed by atoms with Crippen LogP contribution in [0, 0.1) is 5.92 Å². The lowest BCUT2D eigenvalue weighted by molar-refractivity contribution is 0.0954. The third-order valence-electron chi connectivity index (χ3n) is 5.43. The zero-order valence-corrected chi connectivity index (χ0v) is 18.7. The molecule has 0 aliphatic heterocycles. The van der Waals surface area contributed by atoms with E-state index < -0.39 is 0 Å². The van der Waals surface area contributed by atoms with Gasteiger partial charge in [0.25, 0.3) is 5.91 Å². The molecule has 1 atom stereocenters. The highest BCUT2D eigenvalue weighted by Gasteiger charge is 2.22. The Morgan fingerprint density at radius 3 is 2.50 bits per heavy atom. The van der Waals surface area contributed by atoms with Crippen molar-refractivity contribution >= 4 is 27.3 Å². The third kappa shape index (κ3) is 5.66. The number of carbonyl (C=O) groups is 1. The van der Waals surface area contributed by atoms with Crippen LogP contribution in [0.3, 0.4) is 0 Å². The smallest absolute Gasteiger partial charge is 0.251 e. The molecule has 0 bridgehead atoms. The molecule has 0 saturated heterocycles. The van der Waals surface area contributed by atoms with E-state index in [0.717, 1.165) is 47.8 Å². The largest absolute Gasteiger partial charge is 0.352 e. The van der Waals surface area contributed by atoms with Crippen LogP contribution in [-0.2, 0) is 12.8 Å². The van der Waals surface area contributed by atoms with Crippen LogP contribution in [0.1, 0.15) is 87.0 Å². The van der Waals surface area contributed by atoms with E-state index in [1.807, 2.05) is 19.1 Å². The second-order valence-corrected chi connectivity index (χ2v) is 8.81. The molecule has 0 saturated carbocycles. The maximum absolute atomic E-state index is 12.7. The molecule has 2 aromatic rings. The number of rotatable bonds is 6. The van der Waals surface area contributed by atoms with E-state index in [0.29, 0.717) is 18.0 Å². The molecular formula is C24H35NO2S. The molecule has 1 N–H and O–H groups in total. The lowest BCUT2D eigenvalue weighted by atomic mass is 9.86. The van der Waals surface area contributed by atoms with E-state index in [2.05, 4.69) is 26.1 Å². The Balaban J connectivity index is 0.000000500. The van der Waals surface area contributed by atoms with Gasteiger partial charge in [-0.15, -0.1) is 11.3 Å².